The topological polar surface area (TPSA) is 96.0 Å². The second kappa shape index (κ2) is 9.26. The quantitative estimate of drug-likeness (QED) is 0.276. The van der Waals surface area contributed by atoms with Crippen molar-refractivity contribution in [2.75, 3.05) is 5.32 Å². The van der Waals surface area contributed by atoms with Gasteiger partial charge in [0.15, 0.2) is 0 Å². The summed E-state index contributed by atoms with van der Waals surface area (Å²) in [6.45, 7) is 0. The van der Waals surface area contributed by atoms with E-state index in [1.807, 2.05) is 18.2 Å². The Morgan fingerprint density at radius 1 is 1.10 bits per heavy atom. The molecule has 0 saturated heterocycles. The Balaban J connectivity index is 1.86. The van der Waals surface area contributed by atoms with E-state index in [1.165, 1.54) is 42.5 Å². The molecule has 3 aromatic carbocycles. The van der Waals surface area contributed by atoms with Crippen LogP contribution < -0.4 is 5.32 Å². The van der Waals surface area contributed by atoms with Gasteiger partial charge in [0.2, 0.25) is 0 Å². The Morgan fingerprint density at radius 2 is 1.87 bits per heavy atom. The number of halogens is 1. The van der Waals surface area contributed by atoms with Crippen molar-refractivity contribution >= 4 is 23.4 Å². The summed E-state index contributed by atoms with van der Waals surface area (Å²) in [5, 5.41) is 22.8. The zero-order valence-electron chi connectivity index (χ0n) is 15.7. The highest BCUT2D eigenvalue weighted by Crippen LogP contribution is 2.20. The monoisotopic (exact) mass is 401 g/mol. The third kappa shape index (κ3) is 5.14. The largest absolute Gasteiger partial charge is 0.321 e. The first-order chi connectivity index (χ1) is 14.5. The number of non-ortho nitro benzene ring substituents is 1. The number of carbonyl (C=O) groups is 1. The van der Waals surface area contributed by atoms with Crippen LogP contribution in [0.25, 0.3) is 6.08 Å². The van der Waals surface area contributed by atoms with E-state index in [4.69, 9.17) is 0 Å². The highest BCUT2D eigenvalue weighted by atomic mass is 19.1. The van der Waals surface area contributed by atoms with Crippen LogP contribution in [0.3, 0.4) is 0 Å². The highest BCUT2D eigenvalue weighted by Gasteiger charge is 2.13. The van der Waals surface area contributed by atoms with Crippen LogP contribution in [-0.2, 0) is 11.2 Å². The predicted octanol–water partition coefficient (Wildman–Crippen LogP) is 4.87. The third-order valence-corrected chi connectivity index (χ3v) is 4.32. The van der Waals surface area contributed by atoms with Gasteiger partial charge in [-0.05, 0) is 47.4 Å². The number of rotatable bonds is 6. The maximum Gasteiger partial charge on any atom is 0.271 e. The number of hydrogen-bond donors (Lipinski definition) is 1. The number of benzene rings is 3. The number of carbonyl (C=O) groups excluding carboxylic acids is 1. The van der Waals surface area contributed by atoms with E-state index in [0.29, 0.717) is 12.0 Å². The smallest absolute Gasteiger partial charge is 0.271 e. The van der Waals surface area contributed by atoms with E-state index in [1.54, 1.807) is 24.3 Å². The van der Waals surface area contributed by atoms with Crippen molar-refractivity contribution in [3.05, 3.63) is 111 Å². The Morgan fingerprint density at radius 3 is 2.60 bits per heavy atom. The van der Waals surface area contributed by atoms with Gasteiger partial charge in [-0.2, -0.15) is 5.26 Å². The van der Waals surface area contributed by atoms with Gasteiger partial charge in [0, 0.05) is 17.8 Å². The van der Waals surface area contributed by atoms with Gasteiger partial charge in [-0.15, -0.1) is 0 Å². The normalized spacial score (nSPS) is 10.9. The summed E-state index contributed by atoms with van der Waals surface area (Å²) in [5.41, 5.74) is 2.11. The van der Waals surface area contributed by atoms with Crippen LogP contribution in [0, 0.1) is 27.3 Å². The number of nitro groups is 1. The SMILES string of the molecule is N#C/C(=C\c1ccccc1Cc1cccc(F)c1)C(=O)Nc1cccc([N+](=O)[O-])c1. The third-order valence-electron chi connectivity index (χ3n) is 4.32. The van der Waals surface area contributed by atoms with Crippen LogP contribution in [0.2, 0.25) is 0 Å². The van der Waals surface area contributed by atoms with E-state index < -0.39 is 10.8 Å². The summed E-state index contributed by atoms with van der Waals surface area (Å²) in [6, 6.07) is 20.7. The molecule has 0 fully saturated rings. The number of hydrogen-bond acceptors (Lipinski definition) is 4. The van der Waals surface area contributed by atoms with Gasteiger partial charge >= 0.3 is 0 Å². The highest BCUT2D eigenvalue weighted by molar-refractivity contribution is 6.09. The molecule has 0 saturated carbocycles. The van der Waals surface area contributed by atoms with Gasteiger partial charge < -0.3 is 5.32 Å². The van der Waals surface area contributed by atoms with Crippen molar-refractivity contribution in [2.45, 2.75) is 6.42 Å². The van der Waals surface area contributed by atoms with E-state index in [9.17, 15) is 24.6 Å². The van der Waals surface area contributed by atoms with Crippen molar-refractivity contribution in [3.8, 4) is 6.07 Å². The number of nitro benzene ring substituents is 1. The number of anilines is 1. The molecule has 148 valence electrons. The summed E-state index contributed by atoms with van der Waals surface area (Å²) in [7, 11) is 0. The van der Waals surface area contributed by atoms with Crippen molar-refractivity contribution in [2.24, 2.45) is 0 Å². The molecule has 0 atom stereocenters. The zero-order valence-corrected chi connectivity index (χ0v) is 15.7. The molecule has 0 aliphatic rings. The molecule has 0 radical (unpaired) electrons. The van der Waals surface area contributed by atoms with E-state index in [0.717, 1.165) is 11.1 Å². The molecular formula is C23H16FN3O3. The lowest BCUT2D eigenvalue weighted by Crippen LogP contribution is -2.13. The standard InChI is InChI=1S/C23H16FN3O3/c24-20-8-3-5-16(12-20)11-17-6-1-2-7-18(17)13-19(15-25)23(28)26-21-9-4-10-22(14-21)27(29)30/h1-10,12-14H,11H2,(H,26,28)/b19-13+. The van der Waals surface area contributed by atoms with Gasteiger partial charge in [-0.1, -0.05) is 42.5 Å². The molecule has 0 aromatic heterocycles. The second-order valence-electron chi connectivity index (χ2n) is 6.44. The van der Waals surface area contributed by atoms with Gasteiger partial charge in [-0.25, -0.2) is 4.39 Å². The number of nitrogens with one attached hydrogen (secondary N) is 1. The molecule has 30 heavy (non-hydrogen) atoms. The van der Waals surface area contributed by atoms with Crippen LogP contribution in [0.15, 0.2) is 78.4 Å². The van der Waals surface area contributed by atoms with Gasteiger partial charge in [0.05, 0.1) is 4.92 Å². The average Bonchev–Trinajstić information content (AvgIpc) is 2.73. The predicted molar refractivity (Wildman–Crippen MR) is 111 cm³/mol. The maximum atomic E-state index is 13.5. The summed E-state index contributed by atoms with van der Waals surface area (Å²) < 4.78 is 13.5. The molecular weight excluding hydrogens is 385 g/mol. The zero-order chi connectivity index (χ0) is 21.5. The lowest BCUT2D eigenvalue weighted by atomic mass is 9.98. The fourth-order valence-electron chi connectivity index (χ4n) is 2.90. The Labute approximate surface area is 172 Å². The number of amides is 1. The van der Waals surface area contributed by atoms with E-state index in [-0.39, 0.29) is 22.8 Å². The van der Waals surface area contributed by atoms with E-state index >= 15 is 0 Å². The molecule has 0 unspecified atom stereocenters. The first-order valence-electron chi connectivity index (χ1n) is 8.96. The second-order valence-corrected chi connectivity index (χ2v) is 6.44. The van der Waals surface area contributed by atoms with Gasteiger partial charge in [-0.3, -0.25) is 14.9 Å². The average molecular weight is 401 g/mol. The fourth-order valence-corrected chi connectivity index (χ4v) is 2.90. The molecule has 0 aliphatic heterocycles. The minimum atomic E-state index is -0.682. The Bertz CT molecular complexity index is 1180. The number of nitriles is 1. The molecule has 0 spiro atoms. The molecule has 0 heterocycles. The van der Waals surface area contributed by atoms with Crippen LogP contribution in [0.5, 0.6) is 0 Å². The van der Waals surface area contributed by atoms with Crippen molar-refractivity contribution in [3.63, 3.8) is 0 Å². The Kier molecular flexibility index (Phi) is 6.30. The summed E-state index contributed by atoms with van der Waals surface area (Å²) in [5.74, 6) is -1.02. The molecule has 0 bridgehead atoms. The Hall–Kier alpha value is -4.31. The van der Waals surface area contributed by atoms with Crippen molar-refractivity contribution in [1.82, 2.24) is 0 Å². The van der Waals surface area contributed by atoms with Crippen LogP contribution in [0.4, 0.5) is 15.8 Å². The van der Waals surface area contributed by atoms with Crippen LogP contribution in [0.1, 0.15) is 16.7 Å². The molecule has 7 heteroatoms. The lowest BCUT2D eigenvalue weighted by molar-refractivity contribution is -0.384. The maximum absolute atomic E-state index is 13.5. The molecule has 6 nitrogen and oxygen atoms in total. The minimum absolute atomic E-state index is 0.159. The van der Waals surface area contributed by atoms with Crippen molar-refractivity contribution in [1.29, 1.82) is 5.26 Å². The van der Waals surface area contributed by atoms with Gasteiger partial charge in [0.1, 0.15) is 17.5 Å². The first-order valence-corrected chi connectivity index (χ1v) is 8.96. The first kappa shape index (κ1) is 20.4. The minimum Gasteiger partial charge on any atom is -0.321 e. The lowest BCUT2D eigenvalue weighted by Gasteiger charge is -2.08. The molecule has 3 aromatic rings. The molecule has 1 amide bonds. The van der Waals surface area contributed by atoms with Gasteiger partial charge in [0.25, 0.3) is 11.6 Å². The summed E-state index contributed by atoms with van der Waals surface area (Å²) >= 11 is 0. The number of nitrogens with zero attached hydrogens (tertiary/aromatic N) is 2. The van der Waals surface area contributed by atoms with Crippen LogP contribution in [-0.4, -0.2) is 10.8 Å². The molecule has 0 aliphatic carbocycles. The summed E-state index contributed by atoms with van der Waals surface area (Å²) in [6.07, 6.45) is 1.87. The van der Waals surface area contributed by atoms with E-state index in [2.05, 4.69) is 5.32 Å². The molecule has 1 N–H and O–H groups in total. The van der Waals surface area contributed by atoms with Crippen molar-refractivity contribution < 1.29 is 14.1 Å². The molecule has 3 rings (SSSR count). The van der Waals surface area contributed by atoms with Crippen LogP contribution >= 0.6 is 0 Å². The fraction of sp³-hybridized carbons (Fsp3) is 0.0435. The summed E-state index contributed by atoms with van der Waals surface area (Å²) in [4.78, 5) is 22.8.